The molecule has 100 valence electrons. The maximum Gasteiger partial charge on any atom is 0.122 e. The Kier molecular flexibility index (Phi) is 4.70. The van der Waals surface area contributed by atoms with Gasteiger partial charge >= 0.3 is 0 Å². The summed E-state index contributed by atoms with van der Waals surface area (Å²) < 4.78 is 5.32. The molecule has 1 atom stereocenters. The van der Waals surface area contributed by atoms with E-state index in [2.05, 4.69) is 0 Å². The molecule has 0 amide bonds. The monoisotopic (exact) mass is 295 g/mol. The lowest BCUT2D eigenvalue weighted by atomic mass is 9.99. The van der Waals surface area contributed by atoms with E-state index in [-0.39, 0.29) is 6.04 Å². The van der Waals surface area contributed by atoms with Gasteiger partial charge in [0.1, 0.15) is 5.75 Å². The van der Waals surface area contributed by atoms with Crippen molar-refractivity contribution in [3.05, 3.63) is 63.6 Å². The molecule has 2 aromatic carbocycles. The maximum atomic E-state index is 6.22. The summed E-state index contributed by atoms with van der Waals surface area (Å²) in [7, 11) is 1.65. The molecule has 1 unspecified atom stereocenters. The van der Waals surface area contributed by atoms with Crippen molar-refractivity contribution in [3.8, 4) is 5.75 Å². The number of nitrogens with two attached hydrogens (primary N) is 1. The summed E-state index contributed by atoms with van der Waals surface area (Å²) in [5.74, 6) is 0.836. The highest BCUT2D eigenvalue weighted by atomic mass is 35.5. The Morgan fingerprint density at radius 3 is 2.58 bits per heavy atom. The number of hydrogen-bond donors (Lipinski definition) is 1. The first-order valence-electron chi connectivity index (χ1n) is 5.94. The molecule has 2 N–H and O–H groups in total. The van der Waals surface area contributed by atoms with Crippen LogP contribution in [0, 0.1) is 0 Å². The standard InChI is InChI=1S/C15H15Cl2NO/c1-19-15-5-3-2-4-10(15)8-14(18)12-7-6-11(16)9-13(12)17/h2-7,9,14H,8,18H2,1H3. The smallest absolute Gasteiger partial charge is 0.122 e. The summed E-state index contributed by atoms with van der Waals surface area (Å²) in [6, 6.07) is 13.0. The minimum absolute atomic E-state index is 0.193. The van der Waals surface area contributed by atoms with E-state index in [4.69, 9.17) is 33.7 Å². The van der Waals surface area contributed by atoms with Crippen molar-refractivity contribution >= 4 is 23.2 Å². The van der Waals surface area contributed by atoms with Crippen LogP contribution in [0.15, 0.2) is 42.5 Å². The number of hydrogen-bond acceptors (Lipinski definition) is 2. The van der Waals surface area contributed by atoms with Crippen LogP contribution in [0.2, 0.25) is 10.0 Å². The molecule has 0 fully saturated rings. The fourth-order valence-corrected chi connectivity index (χ4v) is 2.57. The largest absolute Gasteiger partial charge is 0.496 e. The predicted molar refractivity (Wildman–Crippen MR) is 80.1 cm³/mol. The molecular weight excluding hydrogens is 281 g/mol. The van der Waals surface area contributed by atoms with Crippen molar-refractivity contribution in [1.29, 1.82) is 0 Å². The van der Waals surface area contributed by atoms with Crippen LogP contribution in [0.4, 0.5) is 0 Å². The van der Waals surface area contributed by atoms with Crippen LogP contribution in [-0.4, -0.2) is 7.11 Å². The Hall–Kier alpha value is -1.22. The molecule has 19 heavy (non-hydrogen) atoms. The first-order valence-corrected chi connectivity index (χ1v) is 6.70. The zero-order valence-corrected chi connectivity index (χ0v) is 12.1. The highest BCUT2D eigenvalue weighted by molar-refractivity contribution is 6.35. The molecule has 2 rings (SSSR count). The second-order valence-electron chi connectivity index (χ2n) is 4.29. The first-order chi connectivity index (χ1) is 9.11. The zero-order chi connectivity index (χ0) is 13.8. The highest BCUT2D eigenvalue weighted by Crippen LogP contribution is 2.29. The molecule has 0 bridgehead atoms. The lowest BCUT2D eigenvalue weighted by Crippen LogP contribution is -2.14. The van der Waals surface area contributed by atoms with Gasteiger partial charge < -0.3 is 10.5 Å². The second-order valence-corrected chi connectivity index (χ2v) is 5.13. The minimum atomic E-state index is -0.193. The fraction of sp³-hybridized carbons (Fsp3) is 0.200. The number of benzene rings is 2. The van der Waals surface area contributed by atoms with Crippen LogP contribution in [0.5, 0.6) is 5.75 Å². The van der Waals surface area contributed by atoms with Crippen LogP contribution >= 0.6 is 23.2 Å². The Bertz CT molecular complexity index is 572. The average molecular weight is 296 g/mol. The predicted octanol–water partition coefficient (Wildman–Crippen LogP) is 4.24. The molecule has 0 aliphatic rings. The van der Waals surface area contributed by atoms with Crippen LogP contribution < -0.4 is 10.5 Å². The van der Waals surface area contributed by atoms with Crippen LogP contribution in [0.25, 0.3) is 0 Å². The van der Waals surface area contributed by atoms with Gasteiger partial charge in [-0.05, 0) is 35.7 Å². The summed E-state index contributed by atoms with van der Waals surface area (Å²) in [5.41, 5.74) is 8.16. The fourth-order valence-electron chi connectivity index (χ4n) is 2.02. The number of halogens is 2. The van der Waals surface area contributed by atoms with Crippen molar-refractivity contribution in [1.82, 2.24) is 0 Å². The number of rotatable bonds is 4. The Morgan fingerprint density at radius 1 is 1.16 bits per heavy atom. The Balaban J connectivity index is 2.23. The molecular formula is C15H15Cl2NO. The Labute approximate surface area is 123 Å². The summed E-state index contributed by atoms with van der Waals surface area (Å²) in [4.78, 5) is 0. The third-order valence-corrected chi connectivity index (χ3v) is 3.56. The van der Waals surface area contributed by atoms with E-state index < -0.39 is 0 Å². The molecule has 0 saturated heterocycles. The summed E-state index contributed by atoms with van der Waals surface area (Å²) in [6.07, 6.45) is 0.658. The quantitative estimate of drug-likeness (QED) is 0.915. The second kappa shape index (κ2) is 6.29. The number of para-hydroxylation sites is 1. The van der Waals surface area contributed by atoms with Gasteiger partial charge in [0, 0.05) is 16.1 Å². The van der Waals surface area contributed by atoms with Crippen LogP contribution in [-0.2, 0) is 6.42 Å². The van der Waals surface area contributed by atoms with Gasteiger partial charge in [0.05, 0.1) is 7.11 Å². The molecule has 0 aliphatic heterocycles. The summed E-state index contributed by atoms with van der Waals surface area (Å²) >= 11 is 12.1. The lowest BCUT2D eigenvalue weighted by molar-refractivity contribution is 0.408. The summed E-state index contributed by atoms with van der Waals surface area (Å²) in [6.45, 7) is 0. The molecule has 0 heterocycles. The molecule has 2 aromatic rings. The van der Waals surface area contributed by atoms with E-state index in [1.54, 1.807) is 19.2 Å². The van der Waals surface area contributed by atoms with E-state index in [1.807, 2.05) is 30.3 Å². The average Bonchev–Trinajstić information content (AvgIpc) is 2.39. The first kappa shape index (κ1) is 14.2. The van der Waals surface area contributed by atoms with Crippen molar-refractivity contribution in [3.63, 3.8) is 0 Å². The van der Waals surface area contributed by atoms with Crippen molar-refractivity contribution in [2.45, 2.75) is 12.5 Å². The van der Waals surface area contributed by atoms with E-state index in [1.165, 1.54) is 0 Å². The zero-order valence-electron chi connectivity index (χ0n) is 10.6. The van der Waals surface area contributed by atoms with E-state index in [9.17, 15) is 0 Å². The third kappa shape index (κ3) is 3.41. The molecule has 0 aromatic heterocycles. The van der Waals surface area contributed by atoms with Gasteiger partial charge in [-0.3, -0.25) is 0 Å². The lowest BCUT2D eigenvalue weighted by Gasteiger charge is -2.16. The SMILES string of the molecule is COc1ccccc1CC(N)c1ccc(Cl)cc1Cl. The Morgan fingerprint density at radius 2 is 1.89 bits per heavy atom. The van der Waals surface area contributed by atoms with Gasteiger partial charge in [-0.2, -0.15) is 0 Å². The van der Waals surface area contributed by atoms with Gasteiger partial charge in [-0.25, -0.2) is 0 Å². The van der Waals surface area contributed by atoms with Crippen LogP contribution in [0.3, 0.4) is 0 Å². The minimum Gasteiger partial charge on any atom is -0.496 e. The highest BCUT2D eigenvalue weighted by Gasteiger charge is 2.13. The third-order valence-electron chi connectivity index (χ3n) is 2.99. The van der Waals surface area contributed by atoms with Crippen molar-refractivity contribution < 1.29 is 4.74 Å². The van der Waals surface area contributed by atoms with Crippen LogP contribution in [0.1, 0.15) is 17.2 Å². The molecule has 4 heteroatoms. The molecule has 0 aliphatic carbocycles. The normalized spacial score (nSPS) is 12.2. The van der Waals surface area contributed by atoms with Crippen molar-refractivity contribution in [2.24, 2.45) is 5.73 Å². The van der Waals surface area contributed by atoms with Gasteiger partial charge in [0.15, 0.2) is 0 Å². The van der Waals surface area contributed by atoms with Gasteiger partial charge in [-0.15, -0.1) is 0 Å². The maximum absolute atomic E-state index is 6.22. The van der Waals surface area contributed by atoms with E-state index in [0.717, 1.165) is 16.9 Å². The molecule has 0 radical (unpaired) electrons. The number of methoxy groups -OCH3 is 1. The summed E-state index contributed by atoms with van der Waals surface area (Å²) in [5, 5.41) is 1.20. The van der Waals surface area contributed by atoms with Crippen molar-refractivity contribution in [2.75, 3.05) is 7.11 Å². The van der Waals surface area contributed by atoms with E-state index >= 15 is 0 Å². The molecule has 0 saturated carbocycles. The van der Waals surface area contributed by atoms with Gasteiger partial charge in [-0.1, -0.05) is 47.5 Å². The van der Waals surface area contributed by atoms with Gasteiger partial charge in [0.2, 0.25) is 0 Å². The topological polar surface area (TPSA) is 35.2 Å². The van der Waals surface area contributed by atoms with E-state index in [0.29, 0.717) is 16.5 Å². The number of ether oxygens (including phenoxy) is 1. The van der Waals surface area contributed by atoms with Gasteiger partial charge in [0.25, 0.3) is 0 Å². The molecule has 2 nitrogen and oxygen atoms in total. The molecule has 0 spiro atoms.